The van der Waals surface area contributed by atoms with Crippen molar-refractivity contribution in [1.82, 2.24) is 10.1 Å². The van der Waals surface area contributed by atoms with Crippen LogP contribution in [0.1, 0.15) is 5.69 Å². The number of aromatic nitrogens is 2. The Bertz CT molecular complexity index is 590. The van der Waals surface area contributed by atoms with Gasteiger partial charge in [0.25, 0.3) is 15.9 Å². The quantitative estimate of drug-likeness (QED) is 0.933. The molecule has 0 aliphatic rings. The summed E-state index contributed by atoms with van der Waals surface area (Å²) < 4.78 is 31.0. The molecule has 6 nitrogen and oxygen atoms in total. The molecule has 1 N–H and O–H groups in total. The number of aryl methyl sites for hydroxylation is 1. The lowest BCUT2D eigenvalue weighted by Crippen LogP contribution is -2.12. The van der Waals surface area contributed by atoms with E-state index in [0.717, 1.165) is 11.3 Å². The van der Waals surface area contributed by atoms with Crippen LogP contribution in [0.5, 0.6) is 0 Å². The molecule has 0 aliphatic carbocycles. The fourth-order valence-electron chi connectivity index (χ4n) is 0.931. The lowest BCUT2D eigenvalue weighted by molar-refractivity contribution is 0.430. The number of thiazole rings is 1. The molecule has 0 aromatic carbocycles. The van der Waals surface area contributed by atoms with Crippen molar-refractivity contribution in [3.05, 3.63) is 21.7 Å². The summed E-state index contributed by atoms with van der Waals surface area (Å²) >= 11 is 4.19. The zero-order valence-corrected chi connectivity index (χ0v) is 11.2. The van der Waals surface area contributed by atoms with Crippen LogP contribution in [-0.4, -0.2) is 18.6 Å². The van der Waals surface area contributed by atoms with Gasteiger partial charge in [-0.25, -0.2) is 9.71 Å². The average Bonchev–Trinajstić information content (AvgIpc) is 2.83. The maximum atomic E-state index is 11.8. The molecule has 9 heteroatoms. The fraction of sp³-hybridized carbons (Fsp3) is 0.143. The first-order valence-electron chi connectivity index (χ1n) is 4.05. The lowest BCUT2D eigenvalue weighted by Gasteiger charge is -2.00. The molecule has 2 aromatic rings. The maximum Gasteiger partial charge on any atom is 0.291 e. The third-order valence-corrected chi connectivity index (χ3v) is 5.12. The van der Waals surface area contributed by atoms with E-state index in [9.17, 15) is 8.42 Å². The van der Waals surface area contributed by atoms with Gasteiger partial charge in [0.2, 0.25) is 4.34 Å². The molecular formula is C7H6BrN3O3S2. The van der Waals surface area contributed by atoms with Crippen LogP contribution in [0.2, 0.25) is 0 Å². The molecule has 2 aromatic heterocycles. The second-order valence-corrected chi connectivity index (χ2v) is 6.36. The SMILES string of the molecule is Cc1noc(NS(=O)(=O)c2nccs2)c1Br. The monoisotopic (exact) mass is 323 g/mol. The summed E-state index contributed by atoms with van der Waals surface area (Å²) in [6.07, 6.45) is 1.42. The van der Waals surface area contributed by atoms with Crippen LogP contribution >= 0.6 is 27.3 Å². The molecule has 0 atom stereocenters. The van der Waals surface area contributed by atoms with E-state index in [-0.39, 0.29) is 10.2 Å². The smallest absolute Gasteiger partial charge is 0.291 e. The summed E-state index contributed by atoms with van der Waals surface area (Å²) in [5, 5.41) is 5.19. The molecule has 16 heavy (non-hydrogen) atoms. The highest BCUT2D eigenvalue weighted by Crippen LogP contribution is 2.27. The number of anilines is 1. The Morgan fingerprint density at radius 1 is 1.56 bits per heavy atom. The van der Waals surface area contributed by atoms with Crippen molar-refractivity contribution in [3.63, 3.8) is 0 Å². The highest BCUT2D eigenvalue weighted by molar-refractivity contribution is 9.10. The van der Waals surface area contributed by atoms with Crippen LogP contribution in [0.4, 0.5) is 5.88 Å². The molecule has 2 rings (SSSR count). The van der Waals surface area contributed by atoms with Crippen molar-refractivity contribution in [2.45, 2.75) is 11.3 Å². The van der Waals surface area contributed by atoms with Crippen LogP contribution in [0, 0.1) is 6.92 Å². The molecule has 0 fully saturated rings. The number of rotatable bonds is 3. The molecule has 0 spiro atoms. The number of nitrogens with one attached hydrogen (secondary N) is 1. The summed E-state index contributed by atoms with van der Waals surface area (Å²) in [5.74, 6) is 0.0488. The zero-order valence-electron chi connectivity index (χ0n) is 7.97. The van der Waals surface area contributed by atoms with Crippen LogP contribution in [-0.2, 0) is 10.0 Å². The van der Waals surface area contributed by atoms with Gasteiger partial charge in [-0.2, -0.15) is 8.42 Å². The van der Waals surface area contributed by atoms with E-state index in [4.69, 9.17) is 4.52 Å². The molecule has 2 heterocycles. The van der Waals surface area contributed by atoms with E-state index in [1.807, 2.05) is 0 Å². The minimum atomic E-state index is -3.69. The zero-order chi connectivity index (χ0) is 11.8. The number of hydrogen-bond acceptors (Lipinski definition) is 6. The van der Waals surface area contributed by atoms with Gasteiger partial charge in [-0.3, -0.25) is 0 Å². The van der Waals surface area contributed by atoms with Gasteiger partial charge in [-0.05, 0) is 22.9 Å². The van der Waals surface area contributed by atoms with E-state index in [1.165, 1.54) is 6.20 Å². The van der Waals surface area contributed by atoms with Crippen LogP contribution < -0.4 is 4.72 Å². The van der Waals surface area contributed by atoms with Gasteiger partial charge in [-0.15, -0.1) is 11.3 Å². The predicted molar refractivity (Wildman–Crippen MR) is 61.9 cm³/mol. The first kappa shape index (κ1) is 11.6. The Hall–Kier alpha value is -0.930. The summed E-state index contributed by atoms with van der Waals surface area (Å²) in [6, 6.07) is 0. The summed E-state index contributed by atoms with van der Waals surface area (Å²) in [6.45, 7) is 1.69. The standard InChI is InChI=1S/C7H6BrN3O3S2/c1-4-5(8)6(14-10-4)11-16(12,13)7-9-2-3-15-7/h2-3,11H,1H3. The Morgan fingerprint density at radius 2 is 2.31 bits per heavy atom. The second-order valence-electron chi connectivity index (χ2n) is 2.81. The topological polar surface area (TPSA) is 85.1 Å². The normalized spacial score (nSPS) is 11.6. The fourth-order valence-corrected chi connectivity index (χ4v) is 3.13. The first-order chi connectivity index (χ1) is 7.50. The number of halogens is 1. The maximum absolute atomic E-state index is 11.8. The molecule has 0 saturated heterocycles. The predicted octanol–water partition coefficient (Wildman–Crippen LogP) is 2.00. The van der Waals surface area contributed by atoms with Crippen molar-refractivity contribution < 1.29 is 12.9 Å². The highest BCUT2D eigenvalue weighted by atomic mass is 79.9. The Balaban J connectivity index is 2.32. The van der Waals surface area contributed by atoms with E-state index in [1.54, 1.807) is 12.3 Å². The van der Waals surface area contributed by atoms with E-state index < -0.39 is 10.0 Å². The first-order valence-corrected chi connectivity index (χ1v) is 7.20. The van der Waals surface area contributed by atoms with Gasteiger partial charge in [0.1, 0.15) is 4.47 Å². The molecule has 0 unspecified atom stereocenters. The largest absolute Gasteiger partial charge is 0.336 e. The van der Waals surface area contributed by atoms with E-state index >= 15 is 0 Å². The number of nitrogens with zero attached hydrogens (tertiary/aromatic N) is 2. The third kappa shape index (κ3) is 2.11. The Labute approximate surface area is 104 Å². The summed E-state index contributed by atoms with van der Waals surface area (Å²) in [4.78, 5) is 3.71. The van der Waals surface area contributed by atoms with Crippen molar-refractivity contribution in [1.29, 1.82) is 0 Å². The van der Waals surface area contributed by atoms with Gasteiger partial charge >= 0.3 is 0 Å². The molecule has 0 saturated carbocycles. The number of sulfonamides is 1. The Morgan fingerprint density at radius 3 is 2.81 bits per heavy atom. The van der Waals surface area contributed by atoms with Gasteiger partial charge in [0.15, 0.2) is 0 Å². The van der Waals surface area contributed by atoms with Crippen LogP contribution in [0.25, 0.3) is 0 Å². The minimum absolute atomic E-state index is 0.0200. The molecule has 0 aliphatic heterocycles. The number of hydrogen-bond donors (Lipinski definition) is 1. The molecule has 86 valence electrons. The molecule has 0 bridgehead atoms. The van der Waals surface area contributed by atoms with E-state index in [2.05, 4.69) is 30.8 Å². The van der Waals surface area contributed by atoms with Crippen LogP contribution in [0.15, 0.2) is 24.9 Å². The van der Waals surface area contributed by atoms with Gasteiger partial charge in [0, 0.05) is 11.6 Å². The van der Waals surface area contributed by atoms with Crippen LogP contribution in [0.3, 0.4) is 0 Å². The summed E-state index contributed by atoms with van der Waals surface area (Å²) in [5.41, 5.74) is 0.567. The van der Waals surface area contributed by atoms with Gasteiger partial charge in [0.05, 0.1) is 5.69 Å². The van der Waals surface area contributed by atoms with Gasteiger partial charge < -0.3 is 4.52 Å². The van der Waals surface area contributed by atoms with Crippen molar-refractivity contribution in [2.75, 3.05) is 4.72 Å². The Kier molecular flexibility index (Phi) is 3.00. The average molecular weight is 324 g/mol. The lowest BCUT2D eigenvalue weighted by atomic mass is 10.5. The third-order valence-electron chi connectivity index (χ3n) is 1.66. The molecule has 0 radical (unpaired) electrons. The molecular weight excluding hydrogens is 318 g/mol. The van der Waals surface area contributed by atoms with Crippen molar-refractivity contribution >= 4 is 43.2 Å². The summed E-state index contributed by atoms with van der Waals surface area (Å²) in [7, 11) is -3.69. The van der Waals surface area contributed by atoms with Crippen molar-refractivity contribution in [3.8, 4) is 0 Å². The minimum Gasteiger partial charge on any atom is -0.336 e. The van der Waals surface area contributed by atoms with Gasteiger partial charge in [-0.1, -0.05) is 5.16 Å². The van der Waals surface area contributed by atoms with E-state index in [0.29, 0.717) is 10.2 Å². The second kappa shape index (κ2) is 4.15. The van der Waals surface area contributed by atoms with Crippen molar-refractivity contribution in [2.24, 2.45) is 0 Å². The highest BCUT2D eigenvalue weighted by Gasteiger charge is 2.21. The molecule has 0 amide bonds.